The molecule has 0 amide bonds. The van der Waals surface area contributed by atoms with Crippen LogP contribution in [0.2, 0.25) is 0 Å². The van der Waals surface area contributed by atoms with Gasteiger partial charge in [-0.25, -0.2) is 8.78 Å². The van der Waals surface area contributed by atoms with E-state index in [4.69, 9.17) is 0 Å². The molecule has 18 rings (SSSR count). The van der Waals surface area contributed by atoms with Gasteiger partial charge in [0.05, 0.1) is 72.4 Å². The van der Waals surface area contributed by atoms with Crippen LogP contribution >= 0.6 is 0 Å². The van der Waals surface area contributed by atoms with Gasteiger partial charge in [-0.2, -0.15) is 5.26 Å². The van der Waals surface area contributed by atoms with Crippen molar-refractivity contribution in [1.29, 1.82) is 5.26 Å². The van der Waals surface area contributed by atoms with E-state index in [9.17, 15) is 5.26 Å². The fourth-order valence-corrected chi connectivity index (χ4v) is 14.7. The summed E-state index contributed by atoms with van der Waals surface area (Å²) in [6, 6.07) is 108. The van der Waals surface area contributed by atoms with E-state index in [1.165, 1.54) is 18.2 Å². The van der Waals surface area contributed by atoms with Gasteiger partial charge in [0.1, 0.15) is 23.3 Å². The number of hydrogen-bond acceptors (Lipinski definition) is 1. The summed E-state index contributed by atoms with van der Waals surface area (Å²) in [4.78, 5) is 0. The van der Waals surface area contributed by atoms with Gasteiger partial charge >= 0.3 is 0 Å². The Hall–Kier alpha value is -12.4. The molecule has 7 heteroatoms. The highest BCUT2D eigenvalue weighted by Crippen LogP contribution is 2.53. The minimum absolute atomic E-state index is 0.240. The number of halogens is 2. The van der Waals surface area contributed by atoms with E-state index in [1.54, 1.807) is 0 Å². The highest BCUT2D eigenvalue weighted by molar-refractivity contribution is 6.18. The molecule has 0 radical (unpaired) electrons. The summed E-state index contributed by atoms with van der Waals surface area (Å²) in [5.74, 6) is -1.54. The zero-order chi connectivity index (χ0) is 61.1. The van der Waals surface area contributed by atoms with Gasteiger partial charge in [0.2, 0.25) is 0 Å². The fraction of sp³-hybridized carbons (Fsp3) is 0. The molecule has 430 valence electrons. The van der Waals surface area contributed by atoms with Crippen LogP contribution in [-0.2, 0) is 0 Å². The number of nitriles is 1. The van der Waals surface area contributed by atoms with Gasteiger partial charge in [0.15, 0.2) is 0 Å². The largest absolute Gasteiger partial charge is 0.306 e. The first kappa shape index (κ1) is 52.7. The summed E-state index contributed by atoms with van der Waals surface area (Å²) in [6.45, 7) is 0. The first-order chi connectivity index (χ1) is 45.5. The van der Waals surface area contributed by atoms with Crippen molar-refractivity contribution in [3.8, 4) is 84.5 Å². The normalized spacial score (nSPS) is 11.8. The first-order valence-electron chi connectivity index (χ1n) is 30.9. The van der Waals surface area contributed by atoms with Crippen molar-refractivity contribution in [3.05, 3.63) is 327 Å². The lowest BCUT2D eigenvalue weighted by molar-refractivity contribution is 0.589. The van der Waals surface area contributed by atoms with Crippen LogP contribution < -0.4 is 0 Å². The van der Waals surface area contributed by atoms with Crippen LogP contribution in [0.15, 0.2) is 309 Å². The Kier molecular flexibility index (Phi) is 12.0. The Morgan fingerprint density at radius 1 is 0.217 bits per heavy atom. The zero-order valence-electron chi connectivity index (χ0n) is 49.4. The predicted molar refractivity (Wildman–Crippen MR) is 376 cm³/mol. The van der Waals surface area contributed by atoms with E-state index in [1.807, 2.05) is 121 Å². The van der Waals surface area contributed by atoms with Crippen LogP contribution in [0, 0.1) is 23.0 Å². The summed E-state index contributed by atoms with van der Waals surface area (Å²) < 4.78 is 46.4. The molecule has 0 aliphatic carbocycles. The van der Waals surface area contributed by atoms with Gasteiger partial charge in [-0.15, -0.1) is 0 Å². The molecule has 0 saturated heterocycles. The zero-order valence-corrected chi connectivity index (χ0v) is 49.4. The lowest BCUT2D eigenvalue weighted by Gasteiger charge is -2.29. The Bertz CT molecular complexity index is 5430. The molecule has 14 aromatic carbocycles. The maximum atomic E-state index is 18.8. The monoisotopic (exact) mass is 1180 g/mol. The molecule has 0 unspecified atom stereocenters. The molecule has 18 aromatic rings. The molecule has 0 aliphatic heterocycles. The highest BCUT2D eigenvalue weighted by atomic mass is 19.1. The van der Waals surface area contributed by atoms with E-state index in [0.29, 0.717) is 22.7 Å². The van der Waals surface area contributed by atoms with Crippen LogP contribution in [0.3, 0.4) is 0 Å². The van der Waals surface area contributed by atoms with Crippen LogP contribution in [0.25, 0.3) is 166 Å². The number of nitrogens with zero attached hydrogens (tertiary/aromatic N) is 5. The van der Waals surface area contributed by atoms with Gasteiger partial charge in [0.25, 0.3) is 0 Å². The molecule has 92 heavy (non-hydrogen) atoms. The molecule has 4 aromatic heterocycles. The lowest BCUT2D eigenvalue weighted by atomic mass is 9.92. The maximum Gasteiger partial charge on any atom is 0.134 e. The van der Waals surface area contributed by atoms with Gasteiger partial charge in [0, 0.05) is 48.7 Å². The van der Waals surface area contributed by atoms with Gasteiger partial charge < -0.3 is 18.3 Å². The molecule has 0 bridgehead atoms. The molecule has 4 heterocycles. The quantitative estimate of drug-likeness (QED) is 0.142. The summed E-state index contributed by atoms with van der Waals surface area (Å²) in [7, 11) is 0. The molecule has 0 N–H and O–H groups in total. The van der Waals surface area contributed by atoms with E-state index in [0.717, 1.165) is 132 Å². The Balaban J connectivity index is 1.14. The summed E-state index contributed by atoms with van der Waals surface area (Å²) in [6.07, 6.45) is 0. The number of hydrogen-bond donors (Lipinski definition) is 0. The third-order valence-electron chi connectivity index (χ3n) is 18.7. The van der Waals surface area contributed by atoms with Crippen molar-refractivity contribution in [1.82, 2.24) is 18.3 Å². The summed E-state index contributed by atoms with van der Waals surface area (Å²) in [5, 5.41) is 20.6. The number of aromatic nitrogens is 4. The van der Waals surface area contributed by atoms with E-state index in [2.05, 4.69) is 194 Å². The van der Waals surface area contributed by atoms with Crippen molar-refractivity contribution in [2.24, 2.45) is 0 Å². The summed E-state index contributed by atoms with van der Waals surface area (Å²) >= 11 is 0. The van der Waals surface area contributed by atoms with Gasteiger partial charge in [-0.3, -0.25) is 0 Å². The van der Waals surface area contributed by atoms with E-state index >= 15 is 8.78 Å². The fourth-order valence-electron chi connectivity index (χ4n) is 14.7. The highest BCUT2D eigenvalue weighted by Gasteiger charge is 2.37. The summed E-state index contributed by atoms with van der Waals surface area (Å²) in [5.41, 5.74) is 16.5. The Morgan fingerprint density at radius 3 is 0.750 bits per heavy atom. The van der Waals surface area contributed by atoms with E-state index in [-0.39, 0.29) is 16.7 Å². The second kappa shape index (κ2) is 20.9. The molecule has 0 spiro atoms. The van der Waals surface area contributed by atoms with Crippen molar-refractivity contribution in [3.63, 3.8) is 0 Å². The lowest BCUT2D eigenvalue weighted by Crippen LogP contribution is -2.17. The van der Waals surface area contributed by atoms with Crippen LogP contribution in [-0.4, -0.2) is 18.3 Å². The number of fused-ring (bicyclic) bond motifs is 12. The van der Waals surface area contributed by atoms with Gasteiger partial charge in [-0.05, 0) is 129 Å². The molecule has 0 saturated carbocycles. The van der Waals surface area contributed by atoms with Crippen LogP contribution in [0.5, 0.6) is 0 Å². The number of para-hydroxylation sites is 4. The average molecular weight is 1180 g/mol. The molecule has 5 nitrogen and oxygen atoms in total. The average Bonchev–Trinajstić information content (AvgIpc) is 1.22. The number of rotatable bonds is 9. The van der Waals surface area contributed by atoms with Crippen molar-refractivity contribution < 1.29 is 8.78 Å². The SMILES string of the molecule is N#Cc1c(-n2c3ccccc3c3ccccc32)c(-n2c3ccc(-c4ccccc4)cc3c3cc(-c4ccccc4)ccc32)c(-c2c(F)cccc2F)c(-n2c3ccc(-c4ccccc4)cc3c3cc(-c4ccccc4)ccc32)c1-n1c2ccccc2c2ccccc21. The third kappa shape index (κ3) is 7.94. The third-order valence-corrected chi connectivity index (χ3v) is 18.7. The topological polar surface area (TPSA) is 43.5 Å². The Morgan fingerprint density at radius 2 is 0.467 bits per heavy atom. The molecule has 0 aliphatic rings. The first-order valence-corrected chi connectivity index (χ1v) is 30.9. The standard InChI is InChI=1S/C85H51F2N5/c86-70-34-21-35-71(87)80(70)81-84(91-76-44-40-57(53-22-5-1-6-23-53)48-65(76)66-49-58(41-45-77(66)91)54-24-7-2-8-25-54)82(89-72-36-17-13-30-61(72)62-31-14-18-37-73(62)89)69(52-88)83(90-74-38-19-15-32-63(74)64-33-16-20-39-75(64)90)85(81)92-78-46-42-59(55-26-9-3-10-27-55)50-67(78)68-51-60(43-47-79(68)92)56-28-11-4-12-29-56/h1-51H. The second-order valence-corrected chi connectivity index (χ2v) is 23.7. The van der Waals surface area contributed by atoms with Crippen molar-refractivity contribution >= 4 is 87.2 Å². The number of benzene rings is 14. The smallest absolute Gasteiger partial charge is 0.134 e. The van der Waals surface area contributed by atoms with E-state index < -0.39 is 11.6 Å². The molecular formula is C85H51F2N5. The second-order valence-electron chi connectivity index (χ2n) is 23.7. The minimum atomic E-state index is -0.768. The van der Waals surface area contributed by atoms with Crippen LogP contribution in [0.4, 0.5) is 8.78 Å². The maximum absolute atomic E-state index is 18.8. The predicted octanol–water partition coefficient (Wildman–Crippen LogP) is 22.6. The molecular weight excluding hydrogens is 1130 g/mol. The van der Waals surface area contributed by atoms with Crippen LogP contribution in [0.1, 0.15) is 5.56 Å². The minimum Gasteiger partial charge on any atom is -0.306 e. The Labute approximate surface area is 527 Å². The van der Waals surface area contributed by atoms with Crippen molar-refractivity contribution in [2.75, 3.05) is 0 Å². The molecule has 0 fully saturated rings. The molecule has 0 atom stereocenters. The van der Waals surface area contributed by atoms with Gasteiger partial charge in [-0.1, -0.05) is 224 Å². The van der Waals surface area contributed by atoms with Crippen molar-refractivity contribution in [2.45, 2.75) is 0 Å².